The number of nitrogens with one attached hydrogen (secondary N) is 1. The van der Waals surface area contributed by atoms with E-state index in [1.165, 1.54) is 12.1 Å². The van der Waals surface area contributed by atoms with Gasteiger partial charge in [0.1, 0.15) is 0 Å². The van der Waals surface area contributed by atoms with E-state index < -0.39 is 11.7 Å². The Hall–Kier alpha value is -3.65. The Morgan fingerprint density at radius 3 is 2.39 bits per heavy atom. The molecule has 0 bridgehead atoms. The summed E-state index contributed by atoms with van der Waals surface area (Å²) in [5.74, 6) is 0. The molecule has 0 radical (unpaired) electrons. The fourth-order valence-corrected chi connectivity index (χ4v) is 5.31. The minimum absolute atomic E-state index is 0.196. The lowest BCUT2D eigenvalue weighted by atomic mass is 9.96. The minimum atomic E-state index is -4.41. The smallest absolute Gasteiger partial charge is 0.352 e. The van der Waals surface area contributed by atoms with Gasteiger partial charge < -0.3 is 14.8 Å². The second-order valence-electron chi connectivity index (χ2n) is 8.95. The first-order chi connectivity index (χ1) is 17.2. The lowest BCUT2D eigenvalue weighted by Crippen LogP contribution is -2.29. The van der Waals surface area contributed by atoms with Crippen LogP contribution < -0.4 is 5.32 Å². The molecule has 3 heterocycles. The van der Waals surface area contributed by atoms with E-state index in [-0.39, 0.29) is 12.1 Å². The molecular formula is C28H25F3N4S. The van der Waals surface area contributed by atoms with Crippen LogP contribution in [0.3, 0.4) is 0 Å². The summed E-state index contributed by atoms with van der Waals surface area (Å²) < 4.78 is 42.2. The van der Waals surface area contributed by atoms with Crippen LogP contribution in [0.4, 0.5) is 13.2 Å². The summed E-state index contributed by atoms with van der Waals surface area (Å²) in [7, 11) is 0. The molecule has 1 N–H and O–H groups in total. The topological polar surface area (TPSA) is 33.1 Å². The van der Waals surface area contributed by atoms with Crippen molar-refractivity contribution >= 4 is 17.3 Å². The van der Waals surface area contributed by atoms with Crippen LogP contribution in [0.5, 0.6) is 0 Å². The van der Waals surface area contributed by atoms with Crippen molar-refractivity contribution in [3.05, 3.63) is 119 Å². The van der Waals surface area contributed by atoms with Crippen molar-refractivity contribution in [1.82, 2.24) is 19.8 Å². The standard InChI is InChI=1S/C28H25F3N4S/c1-18-15-23(19(2)35(18)22-12-8-11-21(16-22)28(29,30)31)26-25(24-13-6-7-14-32-24)33-27(36)34(26)17-20-9-4-3-5-10-20/h3-16,25-26H,17H2,1-2H3,(H,33,36)/t25-,26-/m0/s1. The summed E-state index contributed by atoms with van der Waals surface area (Å²) in [6.45, 7) is 4.45. The molecule has 2 aromatic heterocycles. The average Bonchev–Trinajstić information content (AvgIpc) is 3.34. The summed E-state index contributed by atoms with van der Waals surface area (Å²) in [6, 6.07) is 22.9. The monoisotopic (exact) mass is 506 g/mol. The predicted molar refractivity (Wildman–Crippen MR) is 138 cm³/mol. The van der Waals surface area contributed by atoms with E-state index in [4.69, 9.17) is 12.2 Å². The molecule has 5 rings (SSSR count). The molecule has 0 spiro atoms. The summed E-state index contributed by atoms with van der Waals surface area (Å²) in [5.41, 5.74) is 4.47. The lowest BCUT2D eigenvalue weighted by Gasteiger charge is -2.28. The maximum atomic E-state index is 13.4. The molecule has 4 nitrogen and oxygen atoms in total. The Labute approximate surface area is 213 Å². The van der Waals surface area contributed by atoms with Crippen LogP contribution in [0.1, 0.15) is 45.9 Å². The average molecular weight is 507 g/mol. The highest BCUT2D eigenvalue weighted by atomic mass is 32.1. The van der Waals surface area contributed by atoms with Crippen LogP contribution in [0, 0.1) is 13.8 Å². The predicted octanol–water partition coefficient (Wildman–Crippen LogP) is 6.68. The first-order valence-electron chi connectivity index (χ1n) is 11.6. The zero-order valence-electron chi connectivity index (χ0n) is 19.8. The van der Waals surface area contributed by atoms with E-state index in [1.807, 2.05) is 60.9 Å². The van der Waals surface area contributed by atoms with Crippen LogP contribution >= 0.6 is 12.2 Å². The van der Waals surface area contributed by atoms with Gasteiger partial charge in [0.05, 0.1) is 23.3 Å². The van der Waals surface area contributed by atoms with Crippen molar-refractivity contribution in [3.8, 4) is 5.69 Å². The number of thiocarbonyl (C=S) groups is 1. The van der Waals surface area contributed by atoms with Gasteiger partial charge in [0, 0.05) is 29.8 Å². The maximum Gasteiger partial charge on any atom is 0.416 e. The first-order valence-corrected chi connectivity index (χ1v) is 12.0. The van der Waals surface area contributed by atoms with Crippen molar-refractivity contribution in [2.45, 2.75) is 38.7 Å². The number of aryl methyl sites for hydroxylation is 1. The van der Waals surface area contributed by atoms with E-state index in [1.54, 1.807) is 12.3 Å². The normalized spacial score (nSPS) is 17.9. The molecule has 0 unspecified atom stereocenters. The lowest BCUT2D eigenvalue weighted by molar-refractivity contribution is -0.137. The Balaban J connectivity index is 1.62. The van der Waals surface area contributed by atoms with Crippen molar-refractivity contribution < 1.29 is 13.2 Å². The molecule has 0 aliphatic carbocycles. The van der Waals surface area contributed by atoms with E-state index >= 15 is 0 Å². The molecule has 184 valence electrons. The summed E-state index contributed by atoms with van der Waals surface area (Å²) in [6.07, 6.45) is -2.66. The van der Waals surface area contributed by atoms with Crippen molar-refractivity contribution in [3.63, 3.8) is 0 Å². The molecule has 2 aromatic carbocycles. The summed E-state index contributed by atoms with van der Waals surface area (Å²) in [4.78, 5) is 6.73. The Bertz CT molecular complexity index is 1380. The van der Waals surface area contributed by atoms with Crippen molar-refractivity contribution in [2.24, 2.45) is 0 Å². The molecule has 0 amide bonds. The number of nitrogens with zero attached hydrogens (tertiary/aromatic N) is 3. The quantitative estimate of drug-likeness (QED) is 0.306. The van der Waals surface area contributed by atoms with Gasteiger partial charge in [0.15, 0.2) is 5.11 Å². The highest BCUT2D eigenvalue weighted by molar-refractivity contribution is 7.80. The zero-order valence-corrected chi connectivity index (χ0v) is 20.6. The first kappa shape index (κ1) is 24.1. The second kappa shape index (κ2) is 9.43. The van der Waals surface area contributed by atoms with E-state index in [9.17, 15) is 13.2 Å². The van der Waals surface area contributed by atoms with Gasteiger partial charge in [-0.1, -0.05) is 42.5 Å². The molecule has 1 saturated heterocycles. The number of hydrogen-bond donors (Lipinski definition) is 1. The molecule has 1 aliphatic rings. The molecule has 36 heavy (non-hydrogen) atoms. The van der Waals surface area contributed by atoms with Crippen LogP contribution in [-0.4, -0.2) is 19.6 Å². The third-order valence-electron chi connectivity index (χ3n) is 6.61. The van der Waals surface area contributed by atoms with Crippen LogP contribution in [0.15, 0.2) is 85.1 Å². The van der Waals surface area contributed by atoms with Crippen LogP contribution in [0.2, 0.25) is 0 Å². The number of hydrogen-bond acceptors (Lipinski definition) is 2. The number of aromatic nitrogens is 2. The highest BCUT2D eigenvalue weighted by Gasteiger charge is 2.41. The molecular weight excluding hydrogens is 481 g/mol. The molecule has 8 heteroatoms. The van der Waals surface area contributed by atoms with E-state index in [0.717, 1.165) is 34.3 Å². The highest BCUT2D eigenvalue weighted by Crippen LogP contribution is 2.42. The van der Waals surface area contributed by atoms with Gasteiger partial charge in [0.25, 0.3) is 0 Å². The number of pyridine rings is 1. The van der Waals surface area contributed by atoms with E-state index in [0.29, 0.717) is 17.3 Å². The number of alkyl halides is 3. The molecule has 2 atom stereocenters. The van der Waals surface area contributed by atoms with Gasteiger partial charge >= 0.3 is 6.18 Å². The van der Waals surface area contributed by atoms with Gasteiger partial charge in [-0.05, 0) is 73.6 Å². The zero-order chi connectivity index (χ0) is 25.4. The fraction of sp³-hybridized carbons (Fsp3) is 0.214. The van der Waals surface area contributed by atoms with Gasteiger partial charge in [0.2, 0.25) is 0 Å². The van der Waals surface area contributed by atoms with Gasteiger partial charge in [-0.15, -0.1) is 0 Å². The fourth-order valence-electron chi connectivity index (χ4n) is 5.00. The van der Waals surface area contributed by atoms with Gasteiger partial charge in [-0.3, -0.25) is 4.98 Å². The van der Waals surface area contributed by atoms with Crippen molar-refractivity contribution in [2.75, 3.05) is 0 Å². The third kappa shape index (κ3) is 4.48. The SMILES string of the molecule is Cc1cc([C@H]2[C@H](c3ccccn3)NC(=S)N2Cc2ccccc2)c(C)n1-c1cccc(C(F)(F)F)c1. The molecule has 1 fully saturated rings. The van der Waals surface area contributed by atoms with Crippen LogP contribution in [0.25, 0.3) is 5.69 Å². The Morgan fingerprint density at radius 2 is 1.69 bits per heavy atom. The van der Waals surface area contributed by atoms with Crippen molar-refractivity contribution in [1.29, 1.82) is 0 Å². The second-order valence-corrected chi connectivity index (χ2v) is 9.34. The Morgan fingerprint density at radius 1 is 0.944 bits per heavy atom. The largest absolute Gasteiger partial charge is 0.416 e. The van der Waals surface area contributed by atoms with Gasteiger partial charge in [-0.25, -0.2) is 0 Å². The molecule has 0 saturated carbocycles. The maximum absolute atomic E-state index is 13.4. The van der Waals surface area contributed by atoms with E-state index in [2.05, 4.69) is 27.3 Å². The minimum Gasteiger partial charge on any atom is -0.352 e. The molecule has 4 aromatic rings. The van der Waals surface area contributed by atoms with Gasteiger partial charge in [-0.2, -0.15) is 13.2 Å². The number of benzene rings is 2. The van der Waals surface area contributed by atoms with Crippen LogP contribution in [-0.2, 0) is 12.7 Å². The molecule has 1 aliphatic heterocycles. The Kier molecular flexibility index (Phi) is 6.30. The number of halogens is 3. The third-order valence-corrected chi connectivity index (χ3v) is 6.97. The summed E-state index contributed by atoms with van der Waals surface area (Å²) in [5, 5.41) is 4.06. The number of rotatable bonds is 5. The summed E-state index contributed by atoms with van der Waals surface area (Å²) >= 11 is 5.78.